The lowest BCUT2D eigenvalue weighted by Crippen LogP contribution is -2.36. The second-order valence-corrected chi connectivity index (χ2v) is 6.21. The van der Waals surface area contributed by atoms with Crippen LogP contribution in [0.3, 0.4) is 0 Å². The van der Waals surface area contributed by atoms with E-state index >= 15 is 0 Å². The van der Waals surface area contributed by atoms with E-state index in [1.807, 2.05) is 36.4 Å². The third-order valence-electron chi connectivity index (χ3n) is 4.43. The van der Waals surface area contributed by atoms with Crippen molar-refractivity contribution in [3.63, 3.8) is 0 Å². The number of hydrogen-bond acceptors (Lipinski definition) is 4. The van der Waals surface area contributed by atoms with E-state index in [2.05, 4.69) is 22.8 Å². The maximum Gasteiger partial charge on any atom is 0.315 e. The number of aliphatic hydroxyl groups is 1. The lowest BCUT2D eigenvalue weighted by molar-refractivity contribution is 0.239. The Balaban J connectivity index is 1.78. The Bertz CT molecular complexity index is 707. The summed E-state index contributed by atoms with van der Waals surface area (Å²) >= 11 is 0. The molecule has 27 heavy (non-hydrogen) atoms. The first kappa shape index (κ1) is 20.6. The zero-order valence-corrected chi connectivity index (χ0v) is 15.9. The normalized spacial score (nSPS) is 11.5. The van der Waals surface area contributed by atoms with Crippen LogP contribution in [0.4, 0.5) is 4.79 Å². The molecule has 0 heterocycles. The van der Waals surface area contributed by atoms with Gasteiger partial charge in [0.25, 0.3) is 0 Å². The predicted molar refractivity (Wildman–Crippen MR) is 105 cm³/mol. The van der Waals surface area contributed by atoms with Gasteiger partial charge in [0.05, 0.1) is 14.2 Å². The van der Waals surface area contributed by atoms with Crippen molar-refractivity contribution in [2.45, 2.75) is 25.3 Å². The van der Waals surface area contributed by atoms with Crippen molar-refractivity contribution in [3.8, 4) is 11.5 Å². The van der Waals surface area contributed by atoms with E-state index in [1.54, 1.807) is 14.2 Å². The van der Waals surface area contributed by atoms with Gasteiger partial charge in [-0.2, -0.15) is 0 Å². The minimum atomic E-state index is -0.222. The van der Waals surface area contributed by atoms with E-state index in [0.29, 0.717) is 31.0 Å². The topological polar surface area (TPSA) is 79.8 Å². The second-order valence-electron chi connectivity index (χ2n) is 6.21. The Morgan fingerprint density at radius 2 is 1.74 bits per heavy atom. The predicted octanol–water partition coefficient (Wildman–Crippen LogP) is 3.06. The highest BCUT2D eigenvalue weighted by Crippen LogP contribution is 2.27. The Morgan fingerprint density at radius 1 is 1.00 bits per heavy atom. The zero-order valence-electron chi connectivity index (χ0n) is 15.9. The largest absolute Gasteiger partial charge is 0.493 e. The molecule has 0 saturated heterocycles. The van der Waals surface area contributed by atoms with E-state index in [-0.39, 0.29) is 18.6 Å². The molecule has 0 aromatic heterocycles. The summed E-state index contributed by atoms with van der Waals surface area (Å²) in [6, 6.07) is 15.4. The van der Waals surface area contributed by atoms with E-state index in [0.717, 1.165) is 12.0 Å². The lowest BCUT2D eigenvalue weighted by atomic mass is 9.93. The summed E-state index contributed by atoms with van der Waals surface area (Å²) in [6.07, 6.45) is 1.45. The highest BCUT2D eigenvalue weighted by molar-refractivity contribution is 5.73. The van der Waals surface area contributed by atoms with Crippen LogP contribution in [-0.4, -0.2) is 38.5 Å². The molecule has 146 valence electrons. The van der Waals surface area contributed by atoms with Crippen molar-refractivity contribution < 1.29 is 19.4 Å². The molecule has 0 spiro atoms. The number of urea groups is 1. The first-order valence-electron chi connectivity index (χ1n) is 9.06. The summed E-state index contributed by atoms with van der Waals surface area (Å²) in [5.41, 5.74) is 2.10. The monoisotopic (exact) mass is 372 g/mol. The SMILES string of the molecule is COc1ccc(CNC(=O)NCCC(CCO)c2ccccc2)cc1OC. The van der Waals surface area contributed by atoms with Crippen LogP contribution in [0.5, 0.6) is 11.5 Å². The maximum atomic E-state index is 12.0. The van der Waals surface area contributed by atoms with Crippen molar-refractivity contribution in [1.29, 1.82) is 0 Å². The molecule has 6 heteroatoms. The van der Waals surface area contributed by atoms with Crippen LogP contribution in [-0.2, 0) is 6.54 Å². The Morgan fingerprint density at radius 3 is 2.41 bits per heavy atom. The average Bonchev–Trinajstić information content (AvgIpc) is 2.72. The number of methoxy groups -OCH3 is 2. The number of carbonyl (C=O) groups is 1. The lowest BCUT2D eigenvalue weighted by Gasteiger charge is -2.17. The Hall–Kier alpha value is -2.73. The smallest absolute Gasteiger partial charge is 0.315 e. The first-order valence-corrected chi connectivity index (χ1v) is 9.06. The minimum Gasteiger partial charge on any atom is -0.493 e. The molecule has 0 aliphatic heterocycles. The van der Waals surface area contributed by atoms with Gasteiger partial charge < -0.3 is 25.2 Å². The van der Waals surface area contributed by atoms with Crippen LogP contribution in [0.25, 0.3) is 0 Å². The van der Waals surface area contributed by atoms with Gasteiger partial charge in [-0.1, -0.05) is 36.4 Å². The second kappa shape index (κ2) is 11.1. The van der Waals surface area contributed by atoms with Crippen molar-refractivity contribution >= 4 is 6.03 Å². The Kier molecular flexibility index (Phi) is 8.45. The Labute approximate surface area is 160 Å². The van der Waals surface area contributed by atoms with Gasteiger partial charge in [-0.05, 0) is 42.0 Å². The molecular formula is C21H28N2O4. The van der Waals surface area contributed by atoms with Gasteiger partial charge in [0.1, 0.15) is 0 Å². The van der Waals surface area contributed by atoms with Crippen molar-refractivity contribution in [2.75, 3.05) is 27.4 Å². The number of rotatable bonds is 10. The van der Waals surface area contributed by atoms with E-state index in [9.17, 15) is 9.90 Å². The number of benzene rings is 2. The number of ether oxygens (including phenoxy) is 2. The van der Waals surface area contributed by atoms with Crippen LogP contribution >= 0.6 is 0 Å². The number of aliphatic hydroxyl groups excluding tert-OH is 1. The van der Waals surface area contributed by atoms with Crippen LogP contribution in [0, 0.1) is 0 Å². The van der Waals surface area contributed by atoms with Crippen molar-refractivity contribution in [3.05, 3.63) is 59.7 Å². The molecule has 1 unspecified atom stereocenters. The molecule has 0 bridgehead atoms. The summed E-state index contributed by atoms with van der Waals surface area (Å²) in [5, 5.41) is 15.0. The number of carbonyl (C=O) groups excluding carboxylic acids is 1. The molecule has 2 amide bonds. The van der Waals surface area contributed by atoms with Gasteiger partial charge in [0.15, 0.2) is 11.5 Å². The van der Waals surface area contributed by atoms with Gasteiger partial charge in [-0.25, -0.2) is 4.79 Å². The summed E-state index contributed by atoms with van der Waals surface area (Å²) in [6.45, 7) is 1.06. The highest BCUT2D eigenvalue weighted by Gasteiger charge is 2.11. The number of hydrogen-bond donors (Lipinski definition) is 3. The van der Waals surface area contributed by atoms with Gasteiger partial charge in [-0.15, -0.1) is 0 Å². The molecule has 0 radical (unpaired) electrons. The summed E-state index contributed by atoms with van der Waals surface area (Å²) in [4.78, 5) is 12.0. The number of nitrogens with one attached hydrogen (secondary N) is 2. The van der Waals surface area contributed by atoms with Crippen molar-refractivity contribution in [2.24, 2.45) is 0 Å². The quantitative estimate of drug-likeness (QED) is 0.599. The highest BCUT2D eigenvalue weighted by atomic mass is 16.5. The molecule has 0 fully saturated rings. The van der Waals surface area contributed by atoms with E-state index in [4.69, 9.17) is 9.47 Å². The van der Waals surface area contributed by atoms with Gasteiger partial charge in [0, 0.05) is 19.7 Å². The average molecular weight is 372 g/mol. The van der Waals surface area contributed by atoms with Gasteiger partial charge in [-0.3, -0.25) is 0 Å². The fourth-order valence-corrected chi connectivity index (χ4v) is 2.95. The molecule has 3 N–H and O–H groups in total. The molecule has 2 aromatic rings. The molecule has 2 aromatic carbocycles. The third kappa shape index (κ3) is 6.49. The molecule has 2 rings (SSSR count). The zero-order chi connectivity index (χ0) is 19.5. The fourth-order valence-electron chi connectivity index (χ4n) is 2.95. The molecule has 1 atom stereocenters. The van der Waals surface area contributed by atoms with Crippen LogP contribution in [0.15, 0.2) is 48.5 Å². The van der Waals surface area contributed by atoms with Crippen molar-refractivity contribution in [1.82, 2.24) is 10.6 Å². The van der Waals surface area contributed by atoms with Crippen LogP contribution < -0.4 is 20.1 Å². The summed E-state index contributed by atoms with van der Waals surface area (Å²) in [7, 11) is 3.17. The van der Waals surface area contributed by atoms with E-state index < -0.39 is 0 Å². The fraction of sp³-hybridized carbons (Fsp3) is 0.381. The molecule has 0 aliphatic carbocycles. The molecular weight excluding hydrogens is 344 g/mol. The van der Waals surface area contributed by atoms with Gasteiger partial charge >= 0.3 is 6.03 Å². The van der Waals surface area contributed by atoms with Gasteiger partial charge in [0.2, 0.25) is 0 Å². The maximum absolute atomic E-state index is 12.0. The summed E-state index contributed by atoms with van der Waals surface area (Å²) in [5.74, 6) is 1.51. The number of amides is 2. The third-order valence-corrected chi connectivity index (χ3v) is 4.43. The van der Waals surface area contributed by atoms with Crippen LogP contribution in [0.2, 0.25) is 0 Å². The molecule has 0 aliphatic rings. The molecule has 6 nitrogen and oxygen atoms in total. The molecule has 0 saturated carbocycles. The summed E-state index contributed by atoms with van der Waals surface area (Å²) < 4.78 is 10.5. The van der Waals surface area contributed by atoms with Crippen LogP contribution in [0.1, 0.15) is 29.9 Å². The standard InChI is InChI=1S/C21H28N2O4/c1-26-19-9-8-16(14-20(19)27-2)15-23-21(25)22-12-10-18(11-13-24)17-6-4-3-5-7-17/h3-9,14,18,24H,10-13,15H2,1-2H3,(H2,22,23,25). The van der Waals surface area contributed by atoms with E-state index in [1.165, 1.54) is 5.56 Å². The minimum absolute atomic E-state index is 0.130. The first-order chi connectivity index (χ1) is 13.2.